The minimum Gasteiger partial charge on any atom is -0.407 e. The summed E-state index contributed by atoms with van der Waals surface area (Å²) in [5.41, 5.74) is 0. The molecule has 0 unspecified atom stereocenters. The molecule has 21 heavy (non-hydrogen) atoms. The van der Waals surface area contributed by atoms with Crippen LogP contribution in [0.2, 0.25) is 18.1 Å². The first-order valence-corrected chi connectivity index (χ1v) is 10.7. The number of allylic oxidation sites excluding steroid dienone is 1. The standard InChI is InChI=1S/C16H30O4Si/c1-16(2,3)21(4,5)20-14(13-17)9-7-6-8-10-15-18-11-12-19-15/h6-7,13-15H,8-12H2,1-5H3/b7-6-/t14-/m0/s1. The lowest BCUT2D eigenvalue weighted by molar-refractivity contribution is -0.114. The van der Waals surface area contributed by atoms with Crippen LogP contribution in [0.3, 0.4) is 0 Å². The van der Waals surface area contributed by atoms with Crippen molar-refractivity contribution in [1.82, 2.24) is 0 Å². The van der Waals surface area contributed by atoms with Gasteiger partial charge in [0.1, 0.15) is 12.4 Å². The van der Waals surface area contributed by atoms with Gasteiger partial charge in [-0.2, -0.15) is 0 Å². The third kappa shape index (κ3) is 6.42. The van der Waals surface area contributed by atoms with Crippen LogP contribution in [0.4, 0.5) is 0 Å². The van der Waals surface area contributed by atoms with E-state index in [1.165, 1.54) is 0 Å². The first-order valence-electron chi connectivity index (χ1n) is 7.77. The molecule has 0 spiro atoms. The second kappa shape index (κ2) is 8.22. The number of carbonyl (C=O) groups is 1. The number of hydrogen-bond donors (Lipinski definition) is 0. The van der Waals surface area contributed by atoms with Gasteiger partial charge in [0.25, 0.3) is 0 Å². The van der Waals surface area contributed by atoms with E-state index in [0.717, 1.165) is 19.1 Å². The highest BCUT2D eigenvalue weighted by molar-refractivity contribution is 6.74. The summed E-state index contributed by atoms with van der Waals surface area (Å²) in [6.07, 6.45) is 7.05. The van der Waals surface area contributed by atoms with Gasteiger partial charge >= 0.3 is 0 Å². The van der Waals surface area contributed by atoms with Crippen molar-refractivity contribution in [2.24, 2.45) is 0 Å². The number of ether oxygens (including phenoxy) is 2. The zero-order valence-corrected chi connectivity index (χ0v) is 15.1. The Balaban J connectivity index is 2.31. The van der Waals surface area contributed by atoms with E-state index in [9.17, 15) is 4.79 Å². The summed E-state index contributed by atoms with van der Waals surface area (Å²) in [4.78, 5) is 11.2. The lowest BCUT2D eigenvalue weighted by atomic mass is 10.2. The van der Waals surface area contributed by atoms with Crippen LogP contribution in [0.25, 0.3) is 0 Å². The first-order chi connectivity index (χ1) is 9.76. The molecule has 0 N–H and O–H groups in total. The van der Waals surface area contributed by atoms with Crippen LogP contribution in [-0.4, -0.2) is 40.2 Å². The average Bonchev–Trinajstić information content (AvgIpc) is 2.88. The molecule has 0 bridgehead atoms. The van der Waals surface area contributed by atoms with Crippen molar-refractivity contribution < 1.29 is 18.7 Å². The Bertz CT molecular complexity index is 341. The van der Waals surface area contributed by atoms with Gasteiger partial charge in [-0.25, -0.2) is 0 Å². The molecule has 1 atom stereocenters. The van der Waals surface area contributed by atoms with Crippen molar-refractivity contribution >= 4 is 14.6 Å². The summed E-state index contributed by atoms with van der Waals surface area (Å²) in [7, 11) is -1.88. The molecule has 4 nitrogen and oxygen atoms in total. The van der Waals surface area contributed by atoms with Crippen molar-refractivity contribution in [1.29, 1.82) is 0 Å². The molecule has 1 rings (SSSR count). The number of hydrogen-bond acceptors (Lipinski definition) is 4. The van der Waals surface area contributed by atoms with Gasteiger partial charge in [0.05, 0.1) is 13.2 Å². The molecule has 0 aliphatic carbocycles. The highest BCUT2D eigenvalue weighted by Gasteiger charge is 2.38. The highest BCUT2D eigenvalue weighted by atomic mass is 28.4. The Morgan fingerprint density at radius 2 is 1.86 bits per heavy atom. The van der Waals surface area contributed by atoms with Crippen LogP contribution in [-0.2, 0) is 18.7 Å². The monoisotopic (exact) mass is 314 g/mol. The lowest BCUT2D eigenvalue weighted by Crippen LogP contribution is -2.44. The van der Waals surface area contributed by atoms with E-state index in [-0.39, 0.29) is 17.4 Å². The molecular formula is C16H30O4Si. The molecule has 1 aliphatic heterocycles. The average molecular weight is 314 g/mol. The fourth-order valence-corrected chi connectivity index (χ4v) is 3.10. The van der Waals surface area contributed by atoms with Crippen LogP contribution in [0.15, 0.2) is 12.2 Å². The predicted molar refractivity (Wildman–Crippen MR) is 86.8 cm³/mol. The van der Waals surface area contributed by atoms with Gasteiger partial charge < -0.3 is 18.7 Å². The van der Waals surface area contributed by atoms with Gasteiger partial charge in [-0.15, -0.1) is 0 Å². The van der Waals surface area contributed by atoms with Gasteiger partial charge in [-0.3, -0.25) is 0 Å². The van der Waals surface area contributed by atoms with Crippen LogP contribution < -0.4 is 0 Å². The minimum atomic E-state index is -1.88. The SMILES string of the molecule is CC(C)(C)[Si](C)(C)O[C@H](C=O)C/C=C\CCC1OCCO1. The second-order valence-electron chi connectivity index (χ2n) is 7.01. The molecule has 0 aromatic heterocycles. The fraction of sp³-hybridized carbons (Fsp3) is 0.812. The Labute approximate surface area is 130 Å². The largest absolute Gasteiger partial charge is 0.407 e. The van der Waals surface area contributed by atoms with E-state index in [1.54, 1.807) is 0 Å². The van der Waals surface area contributed by atoms with Crippen LogP contribution in [0.5, 0.6) is 0 Å². The summed E-state index contributed by atoms with van der Waals surface area (Å²) >= 11 is 0. The zero-order chi connectivity index (χ0) is 15.9. The lowest BCUT2D eigenvalue weighted by Gasteiger charge is -2.37. The Morgan fingerprint density at radius 3 is 2.38 bits per heavy atom. The molecule has 0 saturated carbocycles. The molecule has 122 valence electrons. The van der Waals surface area contributed by atoms with Gasteiger partial charge in [0.2, 0.25) is 0 Å². The number of aldehydes is 1. The molecule has 1 fully saturated rings. The van der Waals surface area contributed by atoms with Gasteiger partial charge in [0.15, 0.2) is 14.6 Å². The molecule has 1 saturated heterocycles. The van der Waals surface area contributed by atoms with Crippen molar-refractivity contribution in [3.8, 4) is 0 Å². The maximum absolute atomic E-state index is 11.2. The molecule has 5 heteroatoms. The number of rotatable bonds is 8. The molecule has 0 aromatic rings. The van der Waals surface area contributed by atoms with Crippen LogP contribution in [0, 0.1) is 0 Å². The topological polar surface area (TPSA) is 44.8 Å². The quantitative estimate of drug-likeness (QED) is 0.389. The smallest absolute Gasteiger partial charge is 0.193 e. The van der Waals surface area contributed by atoms with E-state index in [1.807, 2.05) is 6.08 Å². The van der Waals surface area contributed by atoms with Crippen LogP contribution >= 0.6 is 0 Å². The Hall–Kier alpha value is -0.493. The van der Waals surface area contributed by atoms with Crippen molar-refractivity contribution in [2.75, 3.05) is 13.2 Å². The van der Waals surface area contributed by atoms with Crippen LogP contribution in [0.1, 0.15) is 40.0 Å². The highest BCUT2D eigenvalue weighted by Crippen LogP contribution is 2.37. The maximum atomic E-state index is 11.2. The first kappa shape index (κ1) is 18.6. The molecule has 0 radical (unpaired) electrons. The van der Waals surface area contributed by atoms with Gasteiger partial charge in [-0.1, -0.05) is 32.9 Å². The molecule has 1 heterocycles. The minimum absolute atomic E-state index is 0.0556. The van der Waals surface area contributed by atoms with Crippen molar-refractivity contribution in [3.05, 3.63) is 12.2 Å². The fourth-order valence-electron chi connectivity index (χ4n) is 1.84. The van der Waals surface area contributed by atoms with Gasteiger partial charge in [-0.05, 0) is 31.0 Å². The molecular weight excluding hydrogens is 284 g/mol. The Kier molecular flexibility index (Phi) is 7.26. The second-order valence-corrected chi connectivity index (χ2v) is 11.8. The van der Waals surface area contributed by atoms with E-state index >= 15 is 0 Å². The molecule has 0 aromatic carbocycles. The van der Waals surface area contributed by atoms with E-state index in [0.29, 0.717) is 19.6 Å². The van der Waals surface area contributed by atoms with Crippen molar-refractivity contribution in [3.63, 3.8) is 0 Å². The maximum Gasteiger partial charge on any atom is 0.193 e. The summed E-state index contributed by atoms with van der Waals surface area (Å²) in [5, 5.41) is 0.120. The normalized spacial score (nSPS) is 19.3. The predicted octanol–water partition coefficient (Wildman–Crippen LogP) is 3.68. The Morgan fingerprint density at radius 1 is 1.24 bits per heavy atom. The van der Waals surface area contributed by atoms with E-state index in [4.69, 9.17) is 13.9 Å². The molecule has 0 amide bonds. The third-order valence-electron chi connectivity index (χ3n) is 4.20. The number of carbonyl (C=O) groups excluding carboxylic acids is 1. The van der Waals surface area contributed by atoms with Gasteiger partial charge in [0, 0.05) is 6.42 Å². The third-order valence-corrected chi connectivity index (χ3v) is 8.70. The zero-order valence-electron chi connectivity index (χ0n) is 14.1. The van der Waals surface area contributed by atoms with Crippen molar-refractivity contribution in [2.45, 2.75) is 70.6 Å². The van der Waals surface area contributed by atoms with E-state index in [2.05, 4.69) is 39.9 Å². The summed E-state index contributed by atoms with van der Waals surface area (Å²) in [5.74, 6) is 0. The summed E-state index contributed by atoms with van der Waals surface area (Å²) in [6, 6.07) is 0. The summed E-state index contributed by atoms with van der Waals surface area (Å²) in [6.45, 7) is 12.3. The van der Waals surface area contributed by atoms with E-state index < -0.39 is 8.32 Å². The molecule has 1 aliphatic rings. The summed E-state index contributed by atoms with van der Waals surface area (Å²) < 4.78 is 16.8.